The fourth-order valence-corrected chi connectivity index (χ4v) is 4.66. The summed E-state index contributed by atoms with van der Waals surface area (Å²) < 4.78 is 31.9. The molecule has 162 valence electrons. The van der Waals surface area contributed by atoms with Crippen LogP contribution in [0.1, 0.15) is 18.4 Å². The molecule has 4 atom stereocenters. The van der Waals surface area contributed by atoms with Crippen molar-refractivity contribution in [2.75, 3.05) is 19.8 Å². The molecule has 6 rings (SSSR count). The van der Waals surface area contributed by atoms with Gasteiger partial charge >= 0.3 is 0 Å². The number of aromatic amines is 1. The molecule has 0 bridgehead atoms. The molecule has 3 fully saturated rings. The van der Waals surface area contributed by atoms with Crippen LogP contribution in [0.15, 0.2) is 36.4 Å². The molecule has 1 aromatic heterocycles. The van der Waals surface area contributed by atoms with E-state index in [0.29, 0.717) is 23.2 Å². The van der Waals surface area contributed by atoms with Crippen molar-refractivity contribution in [3.63, 3.8) is 0 Å². The summed E-state index contributed by atoms with van der Waals surface area (Å²) in [6, 6.07) is 11.1. The largest absolute Gasteiger partial charge is 0.456 e. The van der Waals surface area contributed by atoms with Crippen molar-refractivity contribution >= 4 is 11.0 Å². The number of benzene rings is 2. The van der Waals surface area contributed by atoms with Crippen molar-refractivity contribution in [2.24, 2.45) is 0 Å². The third-order valence-corrected chi connectivity index (χ3v) is 6.76. The van der Waals surface area contributed by atoms with Crippen molar-refractivity contribution in [3.8, 4) is 17.1 Å². The van der Waals surface area contributed by atoms with E-state index in [1.165, 1.54) is 6.07 Å². The zero-order valence-corrected chi connectivity index (χ0v) is 16.8. The zero-order chi connectivity index (χ0) is 21.2. The molecule has 1 saturated carbocycles. The summed E-state index contributed by atoms with van der Waals surface area (Å²) in [5.74, 6) is -0.356. The Kier molecular flexibility index (Phi) is 4.33. The fraction of sp³-hybridized carbons (Fsp3) is 0.435. The van der Waals surface area contributed by atoms with Gasteiger partial charge in [-0.3, -0.25) is 0 Å². The van der Waals surface area contributed by atoms with Gasteiger partial charge in [-0.25, -0.2) is 4.39 Å². The zero-order valence-electron chi connectivity index (χ0n) is 16.8. The molecule has 31 heavy (non-hydrogen) atoms. The molecule has 2 aromatic carbocycles. The van der Waals surface area contributed by atoms with Crippen molar-refractivity contribution in [1.29, 1.82) is 0 Å². The van der Waals surface area contributed by atoms with Gasteiger partial charge in [-0.15, -0.1) is 0 Å². The first-order valence-corrected chi connectivity index (χ1v) is 10.6. The van der Waals surface area contributed by atoms with Crippen LogP contribution < -0.4 is 4.74 Å². The molecule has 4 unspecified atom stereocenters. The first-order chi connectivity index (χ1) is 15.1. The molecule has 2 saturated heterocycles. The Morgan fingerprint density at radius 1 is 1.13 bits per heavy atom. The van der Waals surface area contributed by atoms with Gasteiger partial charge in [0.2, 0.25) is 0 Å². The van der Waals surface area contributed by atoms with Crippen LogP contribution in [0.5, 0.6) is 6.01 Å². The van der Waals surface area contributed by atoms with E-state index in [4.69, 9.17) is 14.2 Å². The summed E-state index contributed by atoms with van der Waals surface area (Å²) in [5.41, 5.74) is 3.31. The molecule has 3 heterocycles. The molecule has 3 aliphatic rings. The number of ether oxygens (including phenoxy) is 3. The second-order valence-corrected chi connectivity index (χ2v) is 8.73. The quantitative estimate of drug-likeness (QED) is 0.579. The van der Waals surface area contributed by atoms with E-state index in [1.54, 1.807) is 6.07 Å². The van der Waals surface area contributed by atoms with Crippen LogP contribution in [0, 0.1) is 5.82 Å². The number of imidazole rings is 1. The minimum absolute atomic E-state index is 0.114. The summed E-state index contributed by atoms with van der Waals surface area (Å²) in [6.45, 7) is 0.660. The summed E-state index contributed by atoms with van der Waals surface area (Å²) in [7, 11) is 0. The van der Waals surface area contributed by atoms with Gasteiger partial charge in [0.05, 0.1) is 30.9 Å². The van der Waals surface area contributed by atoms with Gasteiger partial charge < -0.3 is 29.4 Å². The van der Waals surface area contributed by atoms with E-state index < -0.39 is 6.10 Å². The van der Waals surface area contributed by atoms with E-state index >= 15 is 0 Å². The highest BCUT2D eigenvalue weighted by molar-refractivity contribution is 5.83. The number of halogens is 1. The second-order valence-electron chi connectivity index (χ2n) is 8.73. The fourth-order valence-electron chi connectivity index (χ4n) is 4.66. The van der Waals surface area contributed by atoms with Crippen LogP contribution in [0.4, 0.5) is 4.39 Å². The number of H-pyrrole nitrogens is 1. The van der Waals surface area contributed by atoms with E-state index in [2.05, 4.69) is 9.97 Å². The van der Waals surface area contributed by atoms with Gasteiger partial charge in [-0.05, 0) is 30.0 Å². The number of rotatable bonds is 5. The number of nitrogens with one attached hydrogen (secondary N) is 1. The molecule has 7 nitrogen and oxygen atoms in total. The Labute approximate surface area is 177 Å². The lowest BCUT2D eigenvalue weighted by atomic mass is 9.94. The first kappa shape index (κ1) is 19.2. The van der Waals surface area contributed by atoms with Crippen LogP contribution in [-0.4, -0.2) is 64.4 Å². The minimum atomic E-state index is -0.649. The average molecular weight is 426 g/mol. The summed E-state index contributed by atoms with van der Waals surface area (Å²) in [5, 5.41) is 19.5. The average Bonchev–Trinajstić information content (AvgIpc) is 3.12. The number of fused-ring (bicyclic) bond motifs is 2. The van der Waals surface area contributed by atoms with Crippen molar-refractivity contribution in [2.45, 2.75) is 42.7 Å². The predicted molar refractivity (Wildman–Crippen MR) is 109 cm³/mol. The van der Waals surface area contributed by atoms with Crippen LogP contribution in [-0.2, 0) is 14.9 Å². The van der Waals surface area contributed by atoms with E-state index in [0.717, 1.165) is 24.0 Å². The van der Waals surface area contributed by atoms with Crippen molar-refractivity contribution in [1.82, 2.24) is 9.97 Å². The number of aliphatic hydroxyl groups excluding tert-OH is 2. The number of aromatic nitrogens is 2. The molecule has 0 spiro atoms. The molecule has 0 radical (unpaired) electrons. The van der Waals surface area contributed by atoms with Gasteiger partial charge in [0, 0.05) is 17.0 Å². The van der Waals surface area contributed by atoms with Crippen LogP contribution in [0.25, 0.3) is 22.2 Å². The van der Waals surface area contributed by atoms with E-state index in [-0.39, 0.29) is 48.8 Å². The maximum absolute atomic E-state index is 14.9. The maximum Gasteiger partial charge on any atom is 0.295 e. The van der Waals surface area contributed by atoms with Crippen molar-refractivity contribution in [3.05, 3.63) is 47.8 Å². The molecule has 0 amide bonds. The molecule has 8 heteroatoms. The number of hydrogen-bond acceptors (Lipinski definition) is 6. The lowest BCUT2D eigenvalue weighted by Gasteiger charge is -2.15. The summed E-state index contributed by atoms with van der Waals surface area (Å²) >= 11 is 0. The minimum Gasteiger partial charge on any atom is -0.456 e. The Bertz CT molecular complexity index is 1130. The van der Waals surface area contributed by atoms with E-state index in [9.17, 15) is 14.6 Å². The predicted octanol–water partition coefficient (Wildman–Crippen LogP) is 2.30. The third kappa shape index (κ3) is 3.13. The van der Waals surface area contributed by atoms with E-state index in [1.807, 2.05) is 24.3 Å². The van der Waals surface area contributed by atoms with Crippen LogP contribution >= 0.6 is 0 Å². The standard InChI is InChI=1S/C23H23FN2O5/c24-15-8-17-16(7-14(15)12-1-3-13(4-2-12)23(11-27)5-6-23)25-22(26-17)31-19-10-30-20-18(28)9-29-21(19)20/h1-4,7-8,18-21,27-28H,5-6,9-11H2,(H,25,26). The highest BCUT2D eigenvalue weighted by Crippen LogP contribution is 2.48. The van der Waals surface area contributed by atoms with Gasteiger partial charge in [0.1, 0.15) is 24.1 Å². The summed E-state index contributed by atoms with van der Waals surface area (Å²) in [4.78, 5) is 7.47. The van der Waals surface area contributed by atoms with Gasteiger partial charge in [0.15, 0.2) is 6.10 Å². The monoisotopic (exact) mass is 426 g/mol. The Balaban J connectivity index is 1.26. The highest BCUT2D eigenvalue weighted by atomic mass is 19.1. The number of aliphatic hydroxyl groups is 2. The number of hydrogen-bond donors (Lipinski definition) is 3. The molecular weight excluding hydrogens is 403 g/mol. The molecular formula is C23H23FN2O5. The van der Waals surface area contributed by atoms with Crippen LogP contribution in [0.2, 0.25) is 0 Å². The van der Waals surface area contributed by atoms with Crippen molar-refractivity contribution < 1.29 is 28.8 Å². The molecule has 3 aromatic rings. The Morgan fingerprint density at radius 2 is 1.90 bits per heavy atom. The highest BCUT2D eigenvalue weighted by Gasteiger charge is 2.48. The Hall–Kier alpha value is -2.52. The molecule has 3 N–H and O–H groups in total. The normalized spacial score (nSPS) is 28.7. The third-order valence-electron chi connectivity index (χ3n) is 6.76. The van der Waals surface area contributed by atoms with Gasteiger partial charge in [0.25, 0.3) is 6.01 Å². The SMILES string of the molecule is OCC1(c2ccc(-c3cc4nc(OC5COC6C(O)COC56)[nH]c4cc3F)cc2)CC1. The lowest BCUT2D eigenvalue weighted by Crippen LogP contribution is -2.34. The topological polar surface area (TPSA) is 96.8 Å². The molecule has 1 aliphatic carbocycles. The second kappa shape index (κ2) is 7.00. The first-order valence-electron chi connectivity index (χ1n) is 10.6. The Morgan fingerprint density at radius 3 is 2.65 bits per heavy atom. The number of nitrogens with zero attached hydrogens (tertiary/aromatic N) is 1. The van der Waals surface area contributed by atoms with Gasteiger partial charge in [-0.2, -0.15) is 4.98 Å². The molecule has 2 aliphatic heterocycles. The summed E-state index contributed by atoms with van der Waals surface area (Å²) in [6.07, 6.45) is 0.198. The van der Waals surface area contributed by atoms with Gasteiger partial charge in [-0.1, -0.05) is 24.3 Å². The maximum atomic E-state index is 14.9. The smallest absolute Gasteiger partial charge is 0.295 e. The van der Waals surface area contributed by atoms with Crippen LogP contribution in [0.3, 0.4) is 0 Å². The lowest BCUT2D eigenvalue weighted by molar-refractivity contribution is 0.00706.